The van der Waals surface area contributed by atoms with Gasteiger partial charge in [0.2, 0.25) is 0 Å². The van der Waals surface area contributed by atoms with Crippen molar-refractivity contribution < 1.29 is 8.78 Å². The Labute approximate surface area is 104 Å². The van der Waals surface area contributed by atoms with Crippen LogP contribution in [0.15, 0.2) is 46.6 Å². The molecule has 0 bridgehead atoms. The molecule has 0 aliphatic heterocycles. The first kappa shape index (κ1) is 12.4. The Hall–Kier alpha value is -2.10. The van der Waals surface area contributed by atoms with Crippen LogP contribution in [0.5, 0.6) is 0 Å². The SMILES string of the molecule is Cc1ccc(N=Nc2ccc(C)cc2F)c(F)c1. The topological polar surface area (TPSA) is 24.7 Å². The Morgan fingerprint density at radius 1 is 0.722 bits per heavy atom. The van der Waals surface area contributed by atoms with Crippen molar-refractivity contribution in [1.82, 2.24) is 0 Å². The molecule has 0 aromatic heterocycles. The first-order valence-corrected chi connectivity index (χ1v) is 5.50. The van der Waals surface area contributed by atoms with Crippen molar-refractivity contribution in [2.24, 2.45) is 10.2 Å². The molecule has 0 amide bonds. The highest BCUT2D eigenvalue weighted by Gasteiger charge is 2.03. The molecule has 0 N–H and O–H groups in total. The third-order valence-corrected chi connectivity index (χ3v) is 2.47. The zero-order chi connectivity index (χ0) is 13.1. The van der Waals surface area contributed by atoms with E-state index in [4.69, 9.17) is 0 Å². The monoisotopic (exact) mass is 246 g/mol. The molecular formula is C14H12F2N2. The number of aryl methyl sites for hydroxylation is 2. The number of hydrogen-bond donors (Lipinski definition) is 0. The van der Waals surface area contributed by atoms with Gasteiger partial charge in [0.25, 0.3) is 0 Å². The highest BCUT2D eigenvalue weighted by Crippen LogP contribution is 2.24. The predicted molar refractivity (Wildman–Crippen MR) is 66.5 cm³/mol. The van der Waals surface area contributed by atoms with Crippen molar-refractivity contribution in [3.05, 3.63) is 59.2 Å². The van der Waals surface area contributed by atoms with E-state index in [1.54, 1.807) is 26.0 Å². The van der Waals surface area contributed by atoms with E-state index in [9.17, 15) is 8.78 Å². The van der Waals surface area contributed by atoms with E-state index in [0.717, 1.165) is 11.1 Å². The second-order valence-corrected chi connectivity index (χ2v) is 4.11. The Bertz CT molecular complexity index is 553. The van der Waals surface area contributed by atoms with Crippen molar-refractivity contribution in [3.8, 4) is 0 Å². The van der Waals surface area contributed by atoms with Gasteiger partial charge in [-0.05, 0) is 49.2 Å². The normalized spacial score (nSPS) is 11.1. The van der Waals surface area contributed by atoms with Crippen molar-refractivity contribution in [3.63, 3.8) is 0 Å². The van der Waals surface area contributed by atoms with Gasteiger partial charge < -0.3 is 0 Å². The number of halogens is 2. The second kappa shape index (κ2) is 5.04. The van der Waals surface area contributed by atoms with E-state index < -0.39 is 11.6 Å². The molecule has 18 heavy (non-hydrogen) atoms. The second-order valence-electron chi connectivity index (χ2n) is 4.11. The van der Waals surface area contributed by atoms with Crippen molar-refractivity contribution in [2.45, 2.75) is 13.8 Å². The largest absolute Gasteiger partial charge is 0.205 e. The summed E-state index contributed by atoms with van der Waals surface area (Å²) in [7, 11) is 0. The molecule has 0 saturated carbocycles. The molecule has 2 nitrogen and oxygen atoms in total. The summed E-state index contributed by atoms with van der Waals surface area (Å²) >= 11 is 0. The molecule has 0 heterocycles. The summed E-state index contributed by atoms with van der Waals surface area (Å²) in [6.45, 7) is 3.56. The average molecular weight is 246 g/mol. The van der Waals surface area contributed by atoms with E-state index in [-0.39, 0.29) is 11.4 Å². The van der Waals surface area contributed by atoms with Gasteiger partial charge in [-0.1, -0.05) is 12.1 Å². The maximum absolute atomic E-state index is 13.5. The third kappa shape index (κ3) is 2.77. The fourth-order valence-electron chi connectivity index (χ4n) is 1.49. The number of nitrogens with zero attached hydrogens (tertiary/aromatic N) is 2. The molecule has 92 valence electrons. The highest BCUT2D eigenvalue weighted by molar-refractivity contribution is 5.43. The van der Waals surface area contributed by atoms with E-state index in [1.807, 2.05) is 0 Å². The number of hydrogen-bond acceptors (Lipinski definition) is 2. The van der Waals surface area contributed by atoms with E-state index in [0.29, 0.717) is 0 Å². The maximum Gasteiger partial charge on any atom is 0.150 e. The van der Waals surface area contributed by atoms with Gasteiger partial charge in [0.15, 0.2) is 11.6 Å². The molecule has 0 saturated heterocycles. The molecule has 2 aromatic carbocycles. The zero-order valence-corrected chi connectivity index (χ0v) is 10.1. The molecule has 0 aliphatic rings. The van der Waals surface area contributed by atoms with Crippen molar-refractivity contribution >= 4 is 11.4 Å². The molecule has 2 aromatic rings. The van der Waals surface area contributed by atoms with Gasteiger partial charge >= 0.3 is 0 Å². The lowest BCUT2D eigenvalue weighted by atomic mass is 10.2. The van der Waals surface area contributed by atoms with Gasteiger partial charge in [0, 0.05) is 0 Å². The number of benzene rings is 2. The van der Waals surface area contributed by atoms with Gasteiger partial charge in [0.1, 0.15) is 11.4 Å². The Morgan fingerprint density at radius 3 is 1.44 bits per heavy atom. The van der Waals surface area contributed by atoms with Crippen LogP contribution in [0.1, 0.15) is 11.1 Å². The van der Waals surface area contributed by atoms with Crippen molar-refractivity contribution in [1.29, 1.82) is 0 Å². The van der Waals surface area contributed by atoms with Crippen LogP contribution in [-0.2, 0) is 0 Å². The van der Waals surface area contributed by atoms with E-state index in [1.165, 1.54) is 24.3 Å². The number of rotatable bonds is 2. The minimum Gasteiger partial charge on any atom is -0.205 e. The predicted octanol–water partition coefficient (Wildman–Crippen LogP) is 5.00. The quantitative estimate of drug-likeness (QED) is 0.666. The van der Waals surface area contributed by atoms with Crippen LogP contribution in [0, 0.1) is 25.5 Å². The van der Waals surface area contributed by atoms with Crippen LogP contribution in [-0.4, -0.2) is 0 Å². The lowest BCUT2D eigenvalue weighted by molar-refractivity contribution is 0.622. The fraction of sp³-hybridized carbons (Fsp3) is 0.143. The molecule has 0 aliphatic carbocycles. The van der Waals surface area contributed by atoms with Gasteiger partial charge in [-0.25, -0.2) is 8.78 Å². The summed E-state index contributed by atoms with van der Waals surface area (Å²) in [5, 5.41) is 7.44. The van der Waals surface area contributed by atoms with Gasteiger partial charge in [-0.3, -0.25) is 0 Å². The molecule has 0 spiro atoms. The zero-order valence-electron chi connectivity index (χ0n) is 10.1. The van der Waals surface area contributed by atoms with E-state index >= 15 is 0 Å². The molecule has 0 radical (unpaired) electrons. The molecule has 0 atom stereocenters. The first-order chi connectivity index (χ1) is 8.56. The van der Waals surface area contributed by atoms with Crippen LogP contribution in [0.3, 0.4) is 0 Å². The lowest BCUT2D eigenvalue weighted by Gasteiger charge is -1.99. The smallest absolute Gasteiger partial charge is 0.150 e. The standard InChI is InChI=1S/C14H12F2N2/c1-9-3-5-13(11(15)7-9)17-18-14-6-4-10(2)8-12(14)16/h3-8H,1-2H3. The fourth-order valence-corrected chi connectivity index (χ4v) is 1.49. The Morgan fingerprint density at radius 2 is 1.11 bits per heavy atom. The number of azo groups is 1. The van der Waals surface area contributed by atoms with Crippen LogP contribution < -0.4 is 0 Å². The molecule has 2 rings (SSSR count). The summed E-state index contributed by atoms with van der Waals surface area (Å²) < 4.78 is 26.9. The summed E-state index contributed by atoms with van der Waals surface area (Å²) in [5.41, 5.74) is 1.79. The molecular weight excluding hydrogens is 234 g/mol. The van der Waals surface area contributed by atoms with Crippen LogP contribution in [0.2, 0.25) is 0 Å². The molecule has 0 fully saturated rings. The van der Waals surface area contributed by atoms with E-state index in [2.05, 4.69) is 10.2 Å². The summed E-state index contributed by atoms with van der Waals surface area (Å²) in [6.07, 6.45) is 0. The minimum absolute atomic E-state index is 0.0978. The van der Waals surface area contributed by atoms with Gasteiger partial charge in [-0.15, -0.1) is 10.2 Å². The minimum atomic E-state index is -0.466. The van der Waals surface area contributed by atoms with Gasteiger partial charge in [-0.2, -0.15) is 0 Å². The summed E-state index contributed by atoms with van der Waals surface area (Å²) in [6, 6.07) is 9.20. The average Bonchev–Trinajstić information content (AvgIpc) is 2.30. The Balaban J connectivity index is 2.30. The lowest BCUT2D eigenvalue weighted by Crippen LogP contribution is -1.79. The molecule has 4 heteroatoms. The maximum atomic E-state index is 13.5. The van der Waals surface area contributed by atoms with Crippen LogP contribution >= 0.6 is 0 Å². The van der Waals surface area contributed by atoms with Crippen LogP contribution in [0.4, 0.5) is 20.2 Å². The molecule has 0 unspecified atom stereocenters. The third-order valence-electron chi connectivity index (χ3n) is 2.47. The first-order valence-electron chi connectivity index (χ1n) is 5.50. The summed E-state index contributed by atoms with van der Waals surface area (Å²) in [5.74, 6) is -0.933. The Kier molecular flexibility index (Phi) is 3.46. The van der Waals surface area contributed by atoms with Gasteiger partial charge in [0.05, 0.1) is 0 Å². The highest BCUT2D eigenvalue weighted by atomic mass is 19.1. The van der Waals surface area contributed by atoms with Crippen LogP contribution in [0.25, 0.3) is 0 Å². The van der Waals surface area contributed by atoms with Crippen molar-refractivity contribution in [2.75, 3.05) is 0 Å². The summed E-state index contributed by atoms with van der Waals surface area (Å²) in [4.78, 5) is 0.